The largest absolute Gasteiger partial charge is 0.453 e. The maximum absolute atomic E-state index is 7.31. The zero-order chi connectivity index (χ0) is 42.8. The van der Waals surface area contributed by atoms with Gasteiger partial charge in [0, 0.05) is 38.4 Å². The maximum atomic E-state index is 7.31. The van der Waals surface area contributed by atoms with E-state index in [4.69, 9.17) is 8.83 Å². The second-order valence-corrected chi connectivity index (χ2v) is 16.8. The fraction of sp³-hybridized carbons (Fsp3) is 0. The molecule has 0 aliphatic rings. The first-order valence-corrected chi connectivity index (χ1v) is 22.2. The Morgan fingerprint density at radius 1 is 0.262 bits per heavy atom. The molecule has 13 aromatic rings. The second-order valence-electron chi connectivity index (χ2n) is 16.8. The first-order valence-electron chi connectivity index (χ1n) is 22.2. The first-order chi connectivity index (χ1) is 32.2. The van der Waals surface area contributed by atoms with Gasteiger partial charge < -0.3 is 13.7 Å². The molecule has 3 heteroatoms. The Labute approximate surface area is 375 Å². The van der Waals surface area contributed by atoms with E-state index in [9.17, 15) is 0 Å². The van der Waals surface area contributed by atoms with Crippen LogP contribution in [-0.4, -0.2) is 0 Å². The number of anilines is 3. The average molecular weight is 830 g/mol. The third kappa shape index (κ3) is 6.05. The van der Waals surface area contributed by atoms with Crippen LogP contribution in [0.1, 0.15) is 0 Å². The number of rotatable bonds is 7. The molecule has 0 bridgehead atoms. The Hall–Kier alpha value is -8.66. The first kappa shape index (κ1) is 36.9. The van der Waals surface area contributed by atoms with Crippen LogP contribution in [0.25, 0.3) is 110 Å². The minimum Gasteiger partial charge on any atom is -0.453 e. The molecule has 0 radical (unpaired) electrons. The Kier molecular flexibility index (Phi) is 8.53. The van der Waals surface area contributed by atoms with Crippen LogP contribution < -0.4 is 4.90 Å². The molecule has 2 heterocycles. The van der Waals surface area contributed by atoms with E-state index in [0.29, 0.717) is 0 Å². The number of fused-ring (bicyclic) bond motifs is 10. The number of furan rings is 2. The molecule has 0 saturated heterocycles. The molecule has 13 rings (SSSR count). The zero-order valence-electron chi connectivity index (χ0n) is 35.3. The van der Waals surface area contributed by atoms with Crippen molar-refractivity contribution in [2.45, 2.75) is 0 Å². The van der Waals surface area contributed by atoms with Crippen LogP contribution in [-0.2, 0) is 0 Å². The van der Waals surface area contributed by atoms with Crippen molar-refractivity contribution in [2.24, 2.45) is 0 Å². The van der Waals surface area contributed by atoms with Gasteiger partial charge in [-0.1, -0.05) is 206 Å². The predicted molar refractivity (Wildman–Crippen MR) is 272 cm³/mol. The molecule has 0 N–H and O–H groups in total. The molecular formula is C62H39NO2. The van der Waals surface area contributed by atoms with Crippen molar-refractivity contribution in [2.75, 3.05) is 4.90 Å². The van der Waals surface area contributed by atoms with Gasteiger partial charge in [-0.05, 0) is 85.3 Å². The molecule has 11 aromatic carbocycles. The molecule has 65 heavy (non-hydrogen) atoms. The number of benzene rings is 11. The molecule has 0 fully saturated rings. The van der Waals surface area contributed by atoms with E-state index in [1.807, 2.05) is 0 Å². The molecular weight excluding hydrogens is 791 g/mol. The number of para-hydroxylation sites is 2. The summed E-state index contributed by atoms with van der Waals surface area (Å²) in [5, 5.41) is 8.84. The van der Waals surface area contributed by atoms with Gasteiger partial charge >= 0.3 is 0 Å². The molecule has 0 aliphatic heterocycles. The van der Waals surface area contributed by atoms with Crippen molar-refractivity contribution in [1.82, 2.24) is 0 Å². The smallest absolute Gasteiger partial charge is 0.160 e. The fourth-order valence-electron chi connectivity index (χ4n) is 10.0. The van der Waals surface area contributed by atoms with Crippen molar-refractivity contribution < 1.29 is 8.83 Å². The van der Waals surface area contributed by atoms with Crippen LogP contribution in [0.5, 0.6) is 0 Å². The molecule has 3 nitrogen and oxygen atoms in total. The highest BCUT2D eigenvalue weighted by Gasteiger charge is 2.27. The lowest BCUT2D eigenvalue weighted by atomic mass is 9.97. The highest BCUT2D eigenvalue weighted by atomic mass is 16.3. The molecule has 2 aromatic heterocycles. The van der Waals surface area contributed by atoms with E-state index in [-0.39, 0.29) is 0 Å². The number of nitrogens with zero attached hydrogens (tertiary/aromatic N) is 1. The molecule has 0 spiro atoms. The highest BCUT2D eigenvalue weighted by molar-refractivity contribution is 6.27. The summed E-state index contributed by atoms with van der Waals surface area (Å²) >= 11 is 0. The Bertz CT molecular complexity index is 3730. The van der Waals surface area contributed by atoms with Gasteiger partial charge in [0.25, 0.3) is 0 Å². The van der Waals surface area contributed by atoms with Gasteiger partial charge in [0.1, 0.15) is 11.2 Å². The van der Waals surface area contributed by atoms with E-state index in [1.165, 1.54) is 11.1 Å². The number of hydrogen-bond acceptors (Lipinski definition) is 3. The van der Waals surface area contributed by atoms with Gasteiger partial charge in [0.05, 0.1) is 11.4 Å². The SMILES string of the molecule is c1ccc(-c2cccc(-c3ccc(N(c4cc5ccccc5c5c4oc4c(-c6ccccc6)cccc45)c4cc5ccccc5c5c4oc4c(-c6ccccc6)cccc45)cc3)c2)cc1. The van der Waals surface area contributed by atoms with Gasteiger partial charge in [0.2, 0.25) is 0 Å². The fourth-order valence-corrected chi connectivity index (χ4v) is 10.0. The molecule has 0 saturated carbocycles. The van der Waals surface area contributed by atoms with Crippen LogP contribution in [0, 0.1) is 0 Å². The van der Waals surface area contributed by atoms with Crippen molar-refractivity contribution in [3.8, 4) is 44.5 Å². The Morgan fingerprint density at radius 3 is 1.14 bits per heavy atom. The van der Waals surface area contributed by atoms with Crippen LogP contribution in [0.2, 0.25) is 0 Å². The topological polar surface area (TPSA) is 29.5 Å². The maximum Gasteiger partial charge on any atom is 0.160 e. The van der Waals surface area contributed by atoms with E-state index >= 15 is 0 Å². The van der Waals surface area contributed by atoms with Crippen LogP contribution in [0.15, 0.2) is 245 Å². The monoisotopic (exact) mass is 829 g/mol. The summed E-state index contributed by atoms with van der Waals surface area (Å²) in [5.74, 6) is 0. The molecule has 0 atom stereocenters. The van der Waals surface area contributed by atoms with Crippen molar-refractivity contribution >= 4 is 82.5 Å². The highest BCUT2D eigenvalue weighted by Crippen LogP contribution is 2.51. The molecule has 0 amide bonds. The molecule has 0 unspecified atom stereocenters. The van der Waals surface area contributed by atoms with E-state index < -0.39 is 0 Å². The summed E-state index contributed by atoms with van der Waals surface area (Å²) in [6, 6.07) is 84.3. The van der Waals surface area contributed by atoms with Crippen LogP contribution in [0.4, 0.5) is 17.1 Å². The van der Waals surface area contributed by atoms with Crippen molar-refractivity contribution in [3.05, 3.63) is 237 Å². The summed E-state index contributed by atoms with van der Waals surface area (Å²) in [5.41, 5.74) is 15.2. The number of hydrogen-bond donors (Lipinski definition) is 0. The predicted octanol–water partition coefficient (Wildman–Crippen LogP) is 17.9. The molecule has 0 aliphatic carbocycles. The third-order valence-corrected chi connectivity index (χ3v) is 13.0. The van der Waals surface area contributed by atoms with E-state index in [0.717, 1.165) is 116 Å². The lowest BCUT2D eigenvalue weighted by Gasteiger charge is -2.27. The molecule has 304 valence electrons. The Morgan fingerprint density at radius 2 is 0.646 bits per heavy atom. The summed E-state index contributed by atoms with van der Waals surface area (Å²) in [6.07, 6.45) is 0. The average Bonchev–Trinajstić information content (AvgIpc) is 3.98. The second kappa shape index (κ2) is 15.0. The third-order valence-electron chi connectivity index (χ3n) is 13.0. The summed E-state index contributed by atoms with van der Waals surface area (Å²) in [7, 11) is 0. The minimum atomic E-state index is 0.809. The van der Waals surface area contributed by atoms with Crippen LogP contribution in [0.3, 0.4) is 0 Å². The lowest BCUT2D eigenvalue weighted by Crippen LogP contribution is -2.11. The standard InChI is InChI=1S/C62H39NO2/c1-4-17-40(18-5-1)44-25-14-26-45(37-44)41-33-35-48(36-34-41)63(55-38-46-23-10-12-27-49(46)57-53-31-15-29-51(59(53)64-61(55)57)42-19-6-2-7-20-42)56-39-47-24-11-13-28-50(47)58-54-32-16-30-52(60(54)65-62(56)58)43-21-8-3-9-22-43/h1-39H. The van der Waals surface area contributed by atoms with E-state index in [2.05, 4.69) is 241 Å². The Balaban J connectivity index is 1.12. The van der Waals surface area contributed by atoms with Gasteiger partial charge in [-0.2, -0.15) is 0 Å². The quantitative estimate of drug-likeness (QED) is 0.160. The summed E-state index contributed by atoms with van der Waals surface area (Å²) < 4.78 is 14.6. The normalized spacial score (nSPS) is 11.7. The zero-order valence-corrected chi connectivity index (χ0v) is 35.3. The van der Waals surface area contributed by atoms with Gasteiger partial charge in [-0.15, -0.1) is 0 Å². The van der Waals surface area contributed by atoms with E-state index in [1.54, 1.807) is 0 Å². The summed E-state index contributed by atoms with van der Waals surface area (Å²) in [6.45, 7) is 0. The van der Waals surface area contributed by atoms with Gasteiger partial charge in [-0.25, -0.2) is 0 Å². The van der Waals surface area contributed by atoms with Crippen molar-refractivity contribution in [1.29, 1.82) is 0 Å². The van der Waals surface area contributed by atoms with Crippen molar-refractivity contribution in [3.63, 3.8) is 0 Å². The minimum absolute atomic E-state index is 0.809. The summed E-state index contributed by atoms with van der Waals surface area (Å²) in [4.78, 5) is 2.36. The van der Waals surface area contributed by atoms with Gasteiger partial charge in [0.15, 0.2) is 11.2 Å². The van der Waals surface area contributed by atoms with Crippen LogP contribution >= 0.6 is 0 Å². The lowest BCUT2D eigenvalue weighted by molar-refractivity contribution is 0.667. The van der Waals surface area contributed by atoms with Gasteiger partial charge in [-0.3, -0.25) is 0 Å².